The van der Waals surface area contributed by atoms with E-state index in [1.807, 2.05) is 13.8 Å². The van der Waals surface area contributed by atoms with Crippen LogP contribution in [0.3, 0.4) is 0 Å². The second-order valence-corrected chi connectivity index (χ2v) is 20.5. The first-order valence-electron chi connectivity index (χ1n) is 15.9. The molecule has 12 nitrogen and oxygen atoms in total. The van der Waals surface area contributed by atoms with Crippen molar-refractivity contribution >= 4 is 37.5 Å². The van der Waals surface area contributed by atoms with Gasteiger partial charge in [0.2, 0.25) is 11.9 Å². The van der Waals surface area contributed by atoms with Gasteiger partial charge >= 0.3 is 0 Å². The molecular weight excluding hydrogens is 646 g/mol. The summed E-state index contributed by atoms with van der Waals surface area (Å²) < 4.78 is 47.9. The predicted octanol–water partition coefficient (Wildman–Crippen LogP) is 3.78. The molecule has 3 aromatic rings. The summed E-state index contributed by atoms with van der Waals surface area (Å²) in [5.41, 5.74) is 2.44. The third kappa shape index (κ3) is 9.20. The Kier molecular flexibility index (Phi) is 10.5. The van der Waals surface area contributed by atoms with Gasteiger partial charge in [0.25, 0.3) is 5.91 Å². The van der Waals surface area contributed by atoms with Crippen molar-refractivity contribution in [2.45, 2.75) is 58.8 Å². The second-order valence-electron chi connectivity index (χ2n) is 13.7. The lowest BCUT2D eigenvalue weighted by Crippen LogP contribution is -2.50. The summed E-state index contributed by atoms with van der Waals surface area (Å²) in [5, 5.41) is 14.3. The first kappa shape index (κ1) is 35.0. The summed E-state index contributed by atoms with van der Waals surface area (Å²) in [7, 11) is -3.95. The number of nitrogens with zero attached hydrogens (tertiary/aromatic N) is 5. The highest BCUT2D eigenvalue weighted by atomic mass is 32.3. The van der Waals surface area contributed by atoms with Gasteiger partial charge in [-0.3, -0.25) is 14.3 Å². The van der Waals surface area contributed by atoms with Crippen LogP contribution in [0, 0.1) is 37.5 Å². The average molecular weight is 692 g/mol. The number of carbonyl (C=O) groups is 2. The zero-order valence-electron chi connectivity index (χ0n) is 28.0. The van der Waals surface area contributed by atoms with E-state index in [1.165, 1.54) is 16.9 Å². The third-order valence-corrected chi connectivity index (χ3v) is 11.0. The maximum absolute atomic E-state index is 15.6. The number of anilines is 1. The summed E-state index contributed by atoms with van der Waals surface area (Å²) in [6.45, 7) is 4.56. The third-order valence-electron chi connectivity index (χ3n) is 8.71. The van der Waals surface area contributed by atoms with Crippen molar-refractivity contribution in [3.05, 3.63) is 47.4 Å². The molecule has 2 fully saturated rings. The van der Waals surface area contributed by atoms with Gasteiger partial charge < -0.3 is 15.4 Å². The van der Waals surface area contributed by atoms with E-state index in [2.05, 4.69) is 44.6 Å². The number of halogens is 1. The van der Waals surface area contributed by atoms with Crippen LogP contribution >= 0.6 is 10.0 Å². The molecule has 0 spiro atoms. The number of sulfone groups is 1. The van der Waals surface area contributed by atoms with Crippen molar-refractivity contribution in [2.75, 3.05) is 48.5 Å². The lowest BCUT2D eigenvalue weighted by Gasteiger charge is -2.27. The smallest absolute Gasteiger partial charge is 0.270 e. The lowest BCUT2D eigenvalue weighted by atomic mass is 9.88. The number of ether oxygens (including phenoxy) is 1. The Morgan fingerprint density at radius 3 is 2.30 bits per heavy atom. The fourth-order valence-electron chi connectivity index (χ4n) is 5.97. The quantitative estimate of drug-likeness (QED) is 0.170. The van der Waals surface area contributed by atoms with E-state index in [0.717, 1.165) is 43.4 Å². The molecule has 3 heterocycles. The zero-order valence-corrected chi connectivity index (χ0v) is 29.6. The van der Waals surface area contributed by atoms with Crippen LogP contribution in [-0.4, -0.2) is 94.0 Å². The molecule has 2 saturated carbocycles. The van der Waals surface area contributed by atoms with Crippen LogP contribution in [0.1, 0.15) is 47.6 Å². The van der Waals surface area contributed by atoms with Crippen molar-refractivity contribution in [2.24, 2.45) is 17.8 Å². The first-order chi connectivity index (χ1) is 22.1. The minimum Gasteiger partial charge on any atom is -0.358 e. The Morgan fingerprint density at radius 1 is 1.02 bits per heavy atom. The minimum atomic E-state index is -3.27. The van der Waals surface area contributed by atoms with Crippen LogP contribution in [0.5, 0.6) is 0 Å². The Labute approximate surface area is 277 Å². The Bertz CT molecular complexity index is 1710. The normalized spacial score (nSPS) is 16.3. The Balaban J connectivity index is 1.31. The fraction of sp³-hybridized carbons (Fsp3) is 0.594. The molecule has 0 radical (unpaired) electrons. The molecule has 1 atom stereocenters. The van der Waals surface area contributed by atoms with Crippen LogP contribution < -0.4 is 10.6 Å². The molecular formula is C32H46FN7O5S2. The number of nitrogens with one attached hydrogen (secondary N) is 2. The Hall–Kier alpha value is -3.30. The van der Waals surface area contributed by atoms with Crippen molar-refractivity contribution in [1.82, 2.24) is 29.9 Å². The topological polar surface area (TPSA) is 150 Å². The highest BCUT2D eigenvalue weighted by Gasteiger charge is 2.48. The van der Waals surface area contributed by atoms with Gasteiger partial charge in [-0.05, 0) is 94.3 Å². The second kappa shape index (κ2) is 14.0. The van der Waals surface area contributed by atoms with Gasteiger partial charge in [0, 0.05) is 35.0 Å². The van der Waals surface area contributed by atoms with Crippen molar-refractivity contribution in [3.8, 4) is 11.1 Å². The molecule has 15 heteroatoms. The molecule has 2 aliphatic carbocycles. The predicted molar refractivity (Wildman–Crippen MR) is 182 cm³/mol. The number of hydrogen-bond donors (Lipinski definition) is 2. The monoisotopic (exact) mass is 691 g/mol. The summed E-state index contributed by atoms with van der Waals surface area (Å²) in [5.74, 6) is -0.362. The van der Waals surface area contributed by atoms with Gasteiger partial charge in [0.1, 0.15) is 34.1 Å². The zero-order chi connectivity index (χ0) is 34.1. The maximum atomic E-state index is 15.6. The van der Waals surface area contributed by atoms with E-state index in [0.29, 0.717) is 29.7 Å². The van der Waals surface area contributed by atoms with Gasteiger partial charge in [-0.15, -0.1) is 0 Å². The van der Waals surface area contributed by atoms with E-state index in [-0.39, 0.29) is 42.0 Å². The molecule has 0 aromatic carbocycles. The molecule has 0 bridgehead atoms. The number of aromatic nitrogens is 5. The van der Waals surface area contributed by atoms with Crippen LogP contribution in [-0.2, 0) is 32.6 Å². The molecule has 2 amide bonds. The van der Waals surface area contributed by atoms with E-state index < -0.39 is 43.7 Å². The van der Waals surface area contributed by atoms with Crippen LogP contribution in [0.25, 0.3) is 11.1 Å². The maximum Gasteiger partial charge on any atom is 0.270 e. The van der Waals surface area contributed by atoms with Gasteiger partial charge in [-0.25, -0.2) is 28.1 Å². The number of rotatable bonds is 16. The standard InChI is InChI=1S/C32H46FN7O5S2/c1-20-27(21(2)40(38-20)19-45-16-18-46(3,4)5)24-11-12-26(35-30(24)33)36-32(42)29(28(22-7-8-22)23-9-10-23)37-31(41)25-13-14-34-39(25)15-17-47(6,43)44/h11-14,22-23,28-29H,7-10,15-19H2,1-6H3,(H,37,41)(H,35,36,42)/t29-/m0/s1. The average Bonchev–Trinajstić information content (AvgIpc) is 3.91. The van der Waals surface area contributed by atoms with E-state index in [1.54, 1.807) is 16.8 Å². The fourth-order valence-corrected chi connectivity index (χ4v) is 7.09. The largest absolute Gasteiger partial charge is 0.358 e. The molecule has 258 valence electrons. The summed E-state index contributed by atoms with van der Waals surface area (Å²) in [6, 6.07) is 3.75. The van der Waals surface area contributed by atoms with Gasteiger partial charge in [0.15, 0.2) is 0 Å². The van der Waals surface area contributed by atoms with Gasteiger partial charge in [-0.1, -0.05) is 0 Å². The SMILES string of the molecule is Cc1nn(COCCS(C)(C)C)c(C)c1-c1ccc(NC(=O)[C@@H](NC(=O)c2ccnn2CCS(C)(=O)=O)C(C2CC2)C2CC2)nc1F. The summed E-state index contributed by atoms with van der Waals surface area (Å²) in [4.78, 5) is 31.4. The number of carbonyl (C=O) groups excluding carboxylic acids is 2. The van der Waals surface area contributed by atoms with Gasteiger partial charge in [0.05, 0.1) is 24.6 Å². The van der Waals surface area contributed by atoms with E-state index >= 15 is 4.39 Å². The van der Waals surface area contributed by atoms with Crippen molar-refractivity contribution in [3.63, 3.8) is 0 Å². The highest BCUT2D eigenvalue weighted by Crippen LogP contribution is 2.51. The summed E-state index contributed by atoms with van der Waals surface area (Å²) in [6.07, 6.45) is 13.2. The molecule has 0 saturated heterocycles. The Morgan fingerprint density at radius 2 is 1.70 bits per heavy atom. The molecule has 2 N–H and O–H groups in total. The molecule has 0 unspecified atom stereocenters. The van der Waals surface area contributed by atoms with E-state index in [4.69, 9.17) is 4.74 Å². The number of amides is 2. The number of hydrogen-bond acceptors (Lipinski definition) is 8. The number of pyridine rings is 1. The highest BCUT2D eigenvalue weighted by molar-refractivity contribution is 8.32. The first-order valence-corrected chi connectivity index (χ1v) is 21.0. The summed E-state index contributed by atoms with van der Waals surface area (Å²) >= 11 is 0. The molecule has 5 rings (SSSR count). The minimum absolute atomic E-state index is 0.0125. The lowest BCUT2D eigenvalue weighted by molar-refractivity contribution is -0.119. The molecule has 2 aliphatic rings. The number of aryl methyl sites for hydroxylation is 2. The molecule has 3 aromatic heterocycles. The molecule has 0 aliphatic heterocycles. The van der Waals surface area contributed by atoms with Crippen molar-refractivity contribution in [1.29, 1.82) is 0 Å². The van der Waals surface area contributed by atoms with Crippen LogP contribution in [0.15, 0.2) is 24.4 Å². The van der Waals surface area contributed by atoms with Gasteiger partial charge in [-0.2, -0.15) is 14.6 Å². The van der Waals surface area contributed by atoms with E-state index in [9.17, 15) is 18.0 Å². The molecule has 47 heavy (non-hydrogen) atoms. The van der Waals surface area contributed by atoms with Crippen molar-refractivity contribution < 1.29 is 27.1 Å². The van der Waals surface area contributed by atoms with Crippen LogP contribution in [0.2, 0.25) is 0 Å². The van der Waals surface area contributed by atoms with Crippen LogP contribution in [0.4, 0.5) is 10.2 Å².